The summed E-state index contributed by atoms with van der Waals surface area (Å²) in [6.07, 6.45) is 12.7. The standard InChI is InChI=1S/C34H50O5S/c1-4-33(35)17-15-26-24(20-33)10-11-28-27(26)14-16-32(3)29(12-13-30(28)32)23(2)31(21-34(36)18-19-39-22-34)40(37,38)25-8-6-5-7-9-25/h5-10,23,26-31,35-36H,4,11-22H2,1-3H3/t23-,26-,27+,28+,29+,30-,31?,32+,33-,34?/m0/s1. The van der Waals surface area contributed by atoms with Gasteiger partial charge in [0, 0.05) is 13.0 Å². The Morgan fingerprint density at radius 2 is 1.77 bits per heavy atom. The summed E-state index contributed by atoms with van der Waals surface area (Å²) in [5.41, 5.74) is 0.0390. The molecule has 222 valence electrons. The fourth-order valence-corrected chi connectivity index (χ4v) is 12.5. The Hall–Kier alpha value is -1.21. The van der Waals surface area contributed by atoms with Gasteiger partial charge in [-0.25, -0.2) is 8.42 Å². The van der Waals surface area contributed by atoms with Gasteiger partial charge in [-0.3, -0.25) is 0 Å². The van der Waals surface area contributed by atoms with E-state index in [1.165, 1.54) is 18.4 Å². The maximum atomic E-state index is 14.2. The van der Waals surface area contributed by atoms with Crippen LogP contribution in [0.15, 0.2) is 46.9 Å². The van der Waals surface area contributed by atoms with Crippen LogP contribution in [0.3, 0.4) is 0 Å². The summed E-state index contributed by atoms with van der Waals surface area (Å²) in [4.78, 5) is 0.368. The van der Waals surface area contributed by atoms with Crippen LogP contribution in [0.1, 0.15) is 91.4 Å². The van der Waals surface area contributed by atoms with Crippen molar-refractivity contribution in [3.63, 3.8) is 0 Å². The lowest BCUT2D eigenvalue weighted by molar-refractivity contribution is -0.0477. The number of hydrogen-bond donors (Lipinski definition) is 2. The zero-order valence-electron chi connectivity index (χ0n) is 24.7. The molecule has 0 aromatic heterocycles. The highest BCUT2D eigenvalue weighted by Crippen LogP contribution is 2.65. The monoisotopic (exact) mass is 570 g/mol. The van der Waals surface area contributed by atoms with E-state index in [0.29, 0.717) is 47.5 Å². The molecule has 1 saturated heterocycles. The summed E-state index contributed by atoms with van der Waals surface area (Å²) in [5, 5.41) is 21.7. The maximum Gasteiger partial charge on any atom is 0.181 e. The molecule has 1 aromatic carbocycles. The number of hydrogen-bond acceptors (Lipinski definition) is 5. The Labute approximate surface area is 241 Å². The minimum atomic E-state index is -3.63. The van der Waals surface area contributed by atoms with Crippen molar-refractivity contribution in [2.45, 2.75) is 113 Å². The van der Waals surface area contributed by atoms with Crippen molar-refractivity contribution in [2.24, 2.45) is 40.9 Å². The normalized spacial score (nSPS) is 42.8. The Morgan fingerprint density at radius 1 is 1.00 bits per heavy atom. The van der Waals surface area contributed by atoms with E-state index in [4.69, 9.17) is 4.74 Å². The van der Waals surface area contributed by atoms with Crippen molar-refractivity contribution < 1.29 is 23.4 Å². The molecular weight excluding hydrogens is 520 g/mol. The van der Waals surface area contributed by atoms with Crippen LogP contribution in [-0.2, 0) is 14.6 Å². The minimum absolute atomic E-state index is 0.0506. The molecule has 1 aromatic rings. The van der Waals surface area contributed by atoms with E-state index in [9.17, 15) is 18.6 Å². The summed E-state index contributed by atoms with van der Waals surface area (Å²) in [6, 6.07) is 8.88. The fourth-order valence-electron chi connectivity index (χ4n) is 10.3. The van der Waals surface area contributed by atoms with E-state index in [2.05, 4.69) is 26.8 Å². The molecule has 1 aliphatic heterocycles. The molecule has 2 N–H and O–H groups in total. The van der Waals surface area contributed by atoms with E-state index in [1.807, 2.05) is 6.07 Å². The largest absolute Gasteiger partial charge is 0.390 e. The van der Waals surface area contributed by atoms with Gasteiger partial charge in [0.05, 0.1) is 28.0 Å². The van der Waals surface area contributed by atoms with Crippen LogP contribution in [0.25, 0.3) is 0 Å². The molecule has 6 rings (SSSR count). The number of aliphatic hydroxyl groups is 2. The lowest BCUT2D eigenvalue weighted by atomic mass is 9.50. The average molecular weight is 571 g/mol. The number of fused-ring (bicyclic) bond motifs is 5. The third-order valence-corrected chi connectivity index (χ3v) is 15.0. The molecule has 4 fully saturated rings. The van der Waals surface area contributed by atoms with Crippen molar-refractivity contribution >= 4 is 9.84 Å². The van der Waals surface area contributed by atoms with E-state index in [0.717, 1.165) is 44.9 Å². The van der Waals surface area contributed by atoms with Crippen LogP contribution in [0.4, 0.5) is 0 Å². The predicted octanol–water partition coefficient (Wildman–Crippen LogP) is 6.34. The molecule has 5 nitrogen and oxygen atoms in total. The third kappa shape index (κ3) is 4.83. The first kappa shape index (κ1) is 28.9. The highest BCUT2D eigenvalue weighted by Gasteiger charge is 2.59. The van der Waals surface area contributed by atoms with Gasteiger partial charge in [-0.2, -0.15) is 0 Å². The van der Waals surface area contributed by atoms with Crippen LogP contribution in [0.2, 0.25) is 0 Å². The van der Waals surface area contributed by atoms with Gasteiger partial charge in [-0.1, -0.05) is 50.6 Å². The SMILES string of the molecule is CC[C@]1(O)CC[C@H]2C(=CC[C@@H]3[C@@H]2CC[C@]2(C)[C@@H]([C@H](C)C(CC4(O)CCOC4)S(=O)(=O)c4ccccc4)CC[C@@H]32)C1. The molecule has 40 heavy (non-hydrogen) atoms. The molecule has 3 saturated carbocycles. The Kier molecular flexibility index (Phi) is 7.58. The fraction of sp³-hybridized carbons (Fsp3) is 0.765. The van der Waals surface area contributed by atoms with Gasteiger partial charge in [-0.15, -0.1) is 0 Å². The van der Waals surface area contributed by atoms with Crippen LogP contribution in [0, 0.1) is 40.9 Å². The average Bonchev–Trinajstić information content (AvgIpc) is 3.54. The second kappa shape index (κ2) is 10.5. The van der Waals surface area contributed by atoms with Crippen molar-refractivity contribution in [3.05, 3.63) is 42.0 Å². The number of ether oxygens (including phenoxy) is 1. The zero-order valence-corrected chi connectivity index (χ0v) is 25.5. The molecule has 0 amide bonds. The van der Waals surface area contributed by atoms with Gasteiger partial charge >= 0.3 is 0 Å². The zero-order chi connectivity index (χ0) is 28.3. The van der Waals surface area contributed by atoms with E-state index in [1.54, 1.807) is 24.3 Å². The van der Waals surface area contributed by atoms with Crippen LogP contribution in [0.5, 0.6) is 0 Å². The van der Waals surface area contributed by atoms with Gasteiger partial charge in [0.2, 0.25) is 0 Å². The lowest BCUT2D eigenvalue weighted by Crippen LogP contribution is -2.50. The number of benzene rings is 1. The lowest BCUT2D eigenvalue weighted by Gasteiger charge is -2.55. The minimum Gasteiger partial charge on any atom is -0.390 e. The van der Waals surface area contributed by atoms with Crippen LogP contribution in [-0.4, -0.2) is 48.3 Å². The second-order valence-electron chi connectivity index (χ2n) is 14.6. The third-order valence-electron chi connectivity index (χ3n) is 12.7. The number of allylic oxidation sites excluding steroid dienone is 1. The molecular formula is C34H50O5S. The number of rotatable bonds is 7. The highest BCUT2D eigenvalue weighted by molar-refractivity contribution is 7.92. The quantitative estimate of drug-likeness (QED) is 0.374. The molecule has 5 aliphatic rings. The summed E-state index contributed by atoms with van der Waals surface area (Å²) >= 11 is 0. The number of sulfone groups is 1. The van der Waals surface area contributed by atoms with E-state index >= 15 is 0 Å². The molecule has 0 spiro atoms. The van der Waals surface area contributed by atoms with Crippen molar-refractivity contribution in [1.82, 2.24) is 0 Å². The van der Waals surface area contributed by atoms with Gasteiger partial charge in [0.25, 0.3) is 0 Å². The summed E-state index contributed by atoms with van der Waals surface area (Å²) < 4.78 is 34.0. The topological polar surface area (TPSA) is 83.8 Å². The van der Waals surface area contributed by atoms with Crippen molar-refractivity contribution in [1.29, 1.82) is 0 Å². The summed E-state index contributed by atoms with van der Waals surface area (Å²) in [5.74, 6) is 2.86. The van der Waals surface area contributed by atoms with Gasteiger partial charge in [0.15, 0.2) is 9.84 Å². The van der Waals surface area contributed by atoms with Crippen LogP contribution < -0.4 is 0 Å². The highest BCUT2D eigenvalue weighted by atomic mass is 32.2. The van der Waals surface area contributed by atoms with Gasteiger partial charge in [-0.05, 0) is 117 Å². The Morgan fingerprint density at radius 3 is 2.48 bits per heavy atom. The van der Waals surface area contributed by atoms with Crippen molar-refractivity contribution in [3.8, 4) is 0 Å². The Balaban J connectivity index is 1.27. The summed E-state index contributed by atoms with van der Waals surface area (Å²) in [7, 11) is -3.63. The van der Waals surface area contributed by atoms with Gasteiger partial charge in [0.1, 0.15) is 0 Å². The molecule has 2 unspecified atom stereocenters. The van der Waals surface area contributed by atoms with Gasteiger partial charge < -0.3 is 14.9 Å². The Bertz CT molecular complexity index is 1200. The molecule has 0 radical (unpaired) electrons. The van der Waals surface area contributed by atoms with E-state index < -0.39 is 26.3 Å². The first-order valence-electron chi connectivity index (χ1n) is 16.0. The molecule has 4 aliphatic carbocycles. The molecule has 10 atom stereocenters. The molecule has 1 heterocycles. The summed E-state index contributed by atoms with van der Waals surface area (Å²) in [6.45, 7) is 7.46. The molecule has 6 heteroatoms. The predicted molar refractivity (Wildman–Crippen MR) is 157 cm³/mol. The maximum absolute atomic E-state index is 14.2. The first-order valence-corrected chi connectivity index (χ1v) is 17.5. The van der Waals surface area contributed by atoms with Crippen molar-refractivity contribution in [2.75, 3.05) is 13.2 Å². The molecule has 0 bridgehead atoms. The smallest absolute Gasteiger partial charge is 0.181 e. The second-order valence-corrected chi connectivity index (χ2v) is 16.7. The van der Waals surface area contributed by atoms with Crippen LogP contribution >= 0.6 is 0 Å². The van der Waals surface area contributed by atoms with E-state index in [-0.39, 0.29) is 24.4 Å². The first-order chi connectivity index (χ1) is 19.0.